The third kappa shape index (κ3) is 3.46. The van der Waals surface area contributed by atoms with Crippen molar-refractivity contribution in [2.75, 3.05) is 30.9 Å². The Bertz CT molecular complexity index is 625. The molecular formula is C13H21N3O4S. The van der Waals surface area contributed by atoms with E-state index in [-0.39, 0.29) is 11.5 Å². The van der Waals surface area contributed by atoms with Crippen LogP contribution in [0, 0.1) is 6.92 Å². The molecular weight excluding hydrogens is 294 g/mol. The molecule has 2 rings (SSSR count). The Kier molecular flexibility index (Phi) is 4.43. The number of primary sulfonamides is 1. The van der Waals surface area contributed by atoms with Gasteiger partial charge in [0.1, 0.15) is 0 Å². The van der Waals surface area contributed by atoms with Crippen molar-refractivity contribution >= 4 is 21.4 Å². The molecule has 8 heteroatoms. The van der Waals surface area contributed by atoms with Crippen LogP contribution in [0.3, 0.4) is 0 Å². The second kappa shape index (κ2) is 5.80. The molecule has 0 aliphatic carbocycles. The fourth-order valence-corrected chi connectivity index (χ4v) is 3.34. The summed E-state index contributed by atoms with van der Waals surface area (Å²) in [5.41, 5.74) is 6.59. The Hall–Kier alpha value is -1.35. The Morgan fingerprint density at radius 1 is 1.38 bits per heavy atom. The van der Waals surface area contributed by atoms with Gasteiger partial charge in [0.15, 0.2) is 0 Å². The summed E-state index contributed by atoms with van der Waals surface area (Å²) in [6, 6.07) is 2.99. The fourth-order valence-electron chi connectivity index (χ4n) is 2.50. The first-order valence-corrected chi connectivity index (χ1v) is 8.22. The Labute approximate surface area is 124 Å². The number of anilines is 2. The van der Waals surface area contributed by atoms with Crippen molar-refractivity contribution in [2.45, 2.75) is 30.2 Å². The molecule has 0 bridgehead atoms. The van der Waals surface area contributed by atoms with E-state index in [2.05, 4.69) is 5.32 Å². The number of aliphatic hydroxyl groups excluding tert-OH is 1. The van der Waals surface area contributed by atoms with E-state index in [4.69, 9.17) is 15.6 Å². The van der Waals surface area contributed by atoms with Gasteiger partial charge in [-0.05, 0) is 37.5 Å². The third-order valence-electron chi connectivity index (χ3n) is 3.84. The van der Waals surface area contributed by atoms with Gasteiger partial charge in [-0.15, -0.1) is 0 Å². The van der Waals surface area contributed by atoms with Crippen LogP contribution in [-0.2, 0) is 14.8 Å². The van der Waals surface area contributed by atoms with E-state index in [1.165, 1.54) is 6.07 Å². The number of aliphatic hydroxyl groups is 1. The highest BCUT2D eigenvalue weighted by Crippen LogP contribution is 2.31. The lowest BCUT2D eigenvalue weighted by Crippen LogP contribution is -2.47. The van der Waals surface area contributed by atoms with Crippen LogP contribution in [0.4, 0.5) is 11.4 Å². The largest absolute Gasteiger partial charge is 0.399 e. The monoisotopic (exact) mass is 315 g/mol. The van der Waals surface area contributed by atoms with Gasteiger partial charge in [-0.1, -0.05) is 0 Å². The molecule has 6 N–H and O–H groups in total. The van der Waals surface area contributed by atoms with Gasteiger partial charge in [0.2, 0.25) is 10.0 Å². The zero-order valence-corrected chi connectivity index (χ0v) is 12.7. The molecule has 0 spiro atoms. The van der Waals surface area contributed by atoms with Crippen LogP contribution in [0.5, 0.6) is 0 Å². The molecule has 1 saturated heterocycles. The lowest BCUT2D eigenvalue weighted by atomic mass is 9.90. The Morgan fingerprint density at radius 3 is 2.52 bits per heavy atom. The highest BCUT2D eigenvalue weighted by atomic mass is 32.2. The van der Waals surface area contributed by atoms with E-state index in [0.29, 0.717) is 43.0 Å². The maximum Gasteiger partial charge on any atom is 0.238 e. The summed E-state index contributed by atoms with van der Waals surface area (Å²) in [5.74, 6) is 0. The number of sulfonamides is 1. The first kappa shape index (κ1) is 16.0. The van der Waals surface area contributed by atoms with E-state index < -0.39 is 15.6 Å². The SMILES string of the molecule is Cc1c(NC2(CO)CCOCC2)cc(N)cc1S(N)(=O)=O. The van der Waals surface area contributed by atoms with Gasteiger partial charge in [-0.2, -0.15) is 0 Å². The lowest BCUT2D eigenvalue weighted by molar-refractivity contribution is 0.0379. The van der Waals surface area contributed by atoms with E-state index in [9.17, 15) is 13.5 Å². The number of nitrogen functional groups attached to an aromatic ring is 1. The number of ether oxygens (including phenoxy) is 1. The average molecular weight is 315 g/mol. The highest BCUT2D eigenvalue weighted by molar-refractivity contribution is 7.89. The van der Waals surface area contributed by atoms with Gasteiger partial charge in [-0.25, -0.2) is 13.6 Å². The molecule has 1 heterocycles. The van der Waals surface area contributed by atoms with Crippen molar-refractivity contribution in [1.82, 2.24) is 0 Å². The lowest BCUT2D eigenvalue weighted by Gasteiger charge is -2.38. The van der Waals surface area contributed by atoms with Gasteiger partial charge in [0, 0.05) is 24.6 Å². The number of nitrogens with one attached hydrogen (secondary N) is 1. The first-order valence-electron chi connectivity index (χ1n) is 6.67. The van der Waals surface area contributed by atoms with Crippen molar-refractivity contribution in [3.8, 4) is 0 Å². The molecule has 1 aromatic rings. The minimum Gasteiger partial charge on any atom is -0.399 e. The van der Waals surface area contributed by atoms with E-state index in [1.54, 1.807) is 13.0 Å². The summed E-state index contributed by atoms with van der Waals surface area (Å²) in [5, 5.41) is 18.1. The van der Waals surface area contributed by atoms with Crippen molar-refractivity contribution < 1.29 is 18.3 Å². The van der Waals surface area contributed by atoms with Crippen LogP contribution >= 0.6 is 0 Å². The topological polar surface area (TPSA) is 128 Å². The summed E-state index contributed by atoms with van der Waals surface area (Å²) in [7, 11) is -3.85. The molecule has 118 valence electrons. The van der Waals surface area contributed by atoms with Crippen molar-refractivity contribution in [3.63, 3.8) is 0 Å². The normalized spacial score (nSPS) is 18.4. The minimum absolute atomic E-state index is 0.00912. The molecule has 0 unspecified atom stereocenters. The van der Waals surface area contributed by atoms with Crippen molar-refractivity contribution in [3.05, 3.63) is 17.7 Å². The molecule has 7 nitrogen and oxygen atoms in total. The van der Waals surface area contributed by atoms with Gasteiger partial charge in [0.05, 0.1) is 17.0 Å². The summed E-state index contributed by atoms with van der Waals surface area (Å²) in [4.78, 5) is -0.00912. The summed E-state index contributed by atoms with van der Waals surface area (Å²) < 4.78 is 28.6. The molecule has 1 aromatic carbocycles. The summed E-state index contributed by atoms with van der Waals surface area (Å²) in [6.07, 6.45) is 1.25. The second-order valence-electron chi connectivity index (χ2n) is 5.41. The van der Waals surface area contributed by atoms with E-state index in [0.717, 1.165) is 0 Å². The zero-order valence-electron chi connectivity index (χ0n) is 11.9. The number of hydrogen-bond donors (Lipinski definition) is 4. The summed E-state index contributed by atoms with van der Waals surface area (Å²) >= 11 is 0. The second-order valence-corrected chi connectivity index (χ2v) is 6.94. The predicted molar refractivity (Wildman–Crippen MR) is 80.5 cm³/mol. The Balaban J connectivity index is 2.42. The van der Waals surface area contributed by atoms with Crippen LogP contribution in [0.2, 0.25) is 0 Å². The highest BCUT2D eigenvalue weighted by Gasteiger charge is 2.32. The predicted octanol–water partition coefficient (Wildman–Crippen LogP) is 0.178. The molecule has 0 saturated carbocycles. The number of nitrogens with two attached hydrogens (primary N) is 2. The number of rotatable bonds is 4. The maximum absolute atomic E-state index is 11.6. The van der Waals surface area contributed by atoms with Gasteiger partial charge < -0.3 is 20.9 Å². The maximum atomic E-state index is 11.6. The van der Waals surface area contributed by atoms with Crippen LogP contribution in [0.25, 0.3) is 0 Å². The molecule has 0 radical (unpaired) electrons. The smallest absolute Gasteiger partial charge is 0.238 e. The third-order valence-corrected chi connectivity index (χ3v) is 4.88. The number of hydrogen-bond acceptors (Lipinski definition) is 6. The van der Waals surface area contributed by atoms with Gasteiger partial charge in [-0.3, -0.25) is 0 Å². The van der Waals surface area contributed by atoms with Crippen molar-refractivity contribution in [2.24, 2.45) is 5.14 Å². The Morgan fingerprint density at radius 2 is 2.00 bits per heavy atom. The molecule has 0 aromatic heterocycles. The van der Waals surface area contributed by atoms with E-state index in [1.807, 2.05) is 0 Å². The number of benzene rings is 1. The van der Waals surface area contributed by atoms with Gasteiger partial charge >= 0.3 is 0 Å². The molecule has 0 amide bonds. The molecule has 1 aliphatic rings. The molecule has 1 fully saturated rings. The zero-order chi connectivity index (χ0) is 15.7. The van der Waals surface area contributed by atoms with E-state index >= 15 is 0 Å². The van der Waals surface area contributed by atoms with Crippen LogP contribution in [0.15, 0.2) is 17.0 Å². The first-order chi connectivity index (χ1) is 9.77. The van der Waals surface area contributed by atoms with Crippen LogP contribution in [-0.4, -0.2) is 38.9 Å². The quantitative estimate of drug-likeness (QED) is 0.587. The van der Waals surface area contributed by atoms with Crippen LogP contribution < -0.4 is 16.2 Å². The average Bonchev–Trinajstić information content (AvgIpc) is 2.42. The minimum atomic E-state index is -3.85. The van der Waals surface area contributed by atoms with Crippen molar-refractivity contribution in [1.29, 1.82) is 0 Å². The molecule has 21 heavy (non-hydrogen) atoms. The van der Waals surface area contributed by atoms with Gasteiger partial charge in [0.25, 0.3) is 0 Å². The summed E-state index contributed by atoms with van der Waals surface area (Å²) in [6.45, 7) is 2.66. The molecule has 0 atom stereocenters. The van der Waals surface area contributed by atoms with Crippen LogP contribution in [0.1, 0.15) is 18.4 Å². The fraction of sp³-hybridized carbons (Fsp3) is 0.538. The standard InChI is InChI=1S/C13H21N3O4S/c1-9-11(6-10(14)7-12(9)21(15,18)19)16-13(8-17)2-4-20-5-3-13/h6-7,16-17H,2-5,8,14H2,1H3,(H2,15,18,19). The molecule has 1 aliphatic heterocycles.